The van der Waals surface area contributed by atoms with E-state index in [1.54, 1.807) is 0 Å². The van der Waals surface area contributed by atoms with Crippen molar-refractivity contribution >= 4 is 5.97 Å². The summed E-state index contributed by atoms with van der Waals surface area (Å²) in [5.74, 6) is -3.17. The summed E-state index contributed by atoms with van der Waals surface area (Å²) in [5.41, 5.74) is 5.10. The number of hydrogen-bond acceptors (Lipinski definition) is 2. The quantitative estimate of drug-likeness (QED) is 0.709. The normalized spacial score (nSPS) is 29.8. The lowest BCUT2D eigenvalue weighted by atomic mass is 10.1. The smallest absolute Gasteiger partial charge is 0.392 e. The fourth-order valence-electron chi connectivity index (χ4n) is 1.34. The first-order valence-corrected chi connectivity index (χ1v) is 3.87. The predicted molar refractivity (Wildman–Crippen MR) is 37.9 cm³/mol. The fourth-order valence-corrected chi connectivity index (χ4v) is 1.34. The second kappa shape index (κ2) is 3.17. The van der Waals surface area contributed by atoms with Gasteiger partial charge in [-0.15, -0.1) is 0 Å². The molecule has 1 saturated carbocycles. The third-order valence-electron chi connectivity index (χ3n) is 2.22. The Hall–Kier alpha value is -0.780. The summed E-state index contributed by atoms with van der Waals surface area (Å²) in [7, 11) is 0. The number of carbonyl (C=O) groups is 1. The largest absolute Gasteiger partial charge is 0.480 e. The summed E-state index contributed by atoms with van der Waals surface area (Å²) in [6.45, 7) is 0. The SMILES string of the molecule is NC(CC1CC1C(F)(F)F)C(=O)O. The van der Waals surface area contributed by atoms with Crippen molar-refractivity contribution in [2.75, 3.05) is 0 Å². The lowest BCUT2D eigenvalue weighted by Gasteiger charge is -2.07. The third kappa shape index (κ3) is 2.58. The maximum absolute atomic E-state index is 12.0. The Bertz CT molecular complexity index is 216. The molecule has 3 unspecified atom stereocenters. The zero-order valence-electron chi connectivity index (χ0n) is 6.71. The van der Waals surface area contributed by atoms with Crippen molar-refractivity contribution in [3.05, 3.63) is 0 Å². The van der Waals surface area contributed by atoms with Crippen LogP contribution in [-0.2, 0) is 4.79 Å². The maximum atomic E-state index is 12.0. The van der Waals surface area contributed by atoms with Crippen molar-refractivity contribution < 1.29 is 23.1 Å². The van der Waals surface area contributed by atoms with E-state index in [0.29, 0.717) is 0 Å². The van der Waals surface area contributed by atoms with E-state index in [9.17, 15) is 18.0 Å². The van der Waals surface area contributed by atoms with Gasteiger partial charge in [-0.25, -0.2) is 0 Å². The molecule has 3 atom stereocenters. The Balaban J connectivity index is 2.33. The van der Waals surface area contributed by atoms with Crippen LogP contribution < -0.4 is 5.73 Å². The van der Waals surface area contributed by atoms with Crippen LogP contribution in [-0.4, -0.2) is 23.3 Å². The number of halogens is 3. The Morgan fingerprint density at radius 1 is 1.62 bits per heavy atom. The van der Waals surface area contributed by atoms with Gasteiger partial charge < -0.3 is 10.8 Å². The van der Waals surface area contributed by atoms with E-state index in [2.05, 4.69) is 0 Å². The van der Waals surface area contributed by atoms with Crippen LogP contribution in [0.15, 0.2) is 0 Å². The first-order valence-electron chi connectivity index (χ1n) is 3.87. The van der Waals surface area contributed by atoms with Crippen molar-refractivity contribution in [2.45, 2.75) is 25.1 Å². The monoisotopic (exact) mass is 197 g/mol. The number of alkyl halides is 3. The Morgan fingerprint density at radius 3 is 2.46 bits per heavy atom. The minimum Gasteiger partial charge on any atom is -0.480 e. The first kappa shape index (κ1) is 10.3. The van der Waals surface area contributed by atoms with Crippen molar-refractivity contribution in [2.24, 2.45) is 17.6 Å². The molecule has 0 aromatic heterocycles. The lowest BCUT2D eigenvalue weighted by molar-refractivity contribution is -0.152. The molecule has 0 heterocycles. The van der Waals surface area contributed by atoms with E-state index in [1.807, 2.05) is 0 Å². The highest BCUT2D eigenvalue weighted by molar-refractivity contribution is 5.73. The highest BCUT2D eigenvalue weighted by Crippen LogP contribution is 2.51. The minimum atomic E-state index is -4.19. The molecule has 0 aromatic rings. The van der Waals surface area contributed by atoms with Crippen LogP contribution in [0.25, 0.3) is 0 Å². The minimum absolute atomic E-state index is 0.0183. The molecule has 3 N–H and O–H groups in total. The molecule has 13 heavy (non-hydrogen) atoms. The van der Waals surface area contributed by atoms with Gasteiger partial charge in [-0.05, 0) is 18.8 Å². The van der Waals surface area contributed by atoms with Crippen LogP contribution in [0.5, 0.6) is 0 Å². The zero-order valence-corrected chi connectivity index (χ0v) is 6.71. The molecule has 0 amide bonds. The van der Waals surface area contributed by atoms with Gasteiger partial charge in [-0.2, -0.15) is 13.2 Å². The van der Waals surface area contributed by atoms with Crippen molar-refractivity contribution in [1.29, 1.82) is 0 Å². The number of nitrogens with two attached hydrogens (primary N) is 1. The van der Waals surface area contributed by atoms with E-state index >= 15 is 0 Å². The van der Waals surface area contributed by atoms with Crippen molar-refractivity contribution in [1.82, 2.24) is 0 Å². The molecule has 3 nitrogen and oxygen atoms in total. The van der Waals surface area contributed by atoms with Gasteiger partial charge in [-0.3, -0.25) is 4.79 Å². The van der Waals surface area contributed by atoms with Gasteiger partial charge in [0.15, 0.2) is 0 Å². The van der Waals surface area contributed by atoms with E-state index in [0.717, 1.165) is 0 Å². The summed E-state index contributed by atoms with van der Waals surface area (Å²) in [6.07, 6.45) is -4.26. The first-order chi connectivity index (χ1) is 5.82. The Morgan fingerprint density at radius 2 is 2.15 bits per heavy atom. The van der Waals surface area contributed by atoms with Crippen LogP contribution in [0, 0.1) is 11.8 Å². The molecule has 6 heteroatoms. The number of hydrogen-bond donors (Lipinski definition) is 2. The van der Waals surface area contributed by atoms with E-state index in [4.69, 9.17) is 10.8 Å². The molecular weight excluding hydrogens is 187 g/mol. The Kier molecular flexibility index (Phi) is 2.51. The standard InChI is InChI=1S/C7H10F3NO2/c8-7(9,10)4-1-3(4)2-5(11)6(12)13/h3-5H,1-2,11H2,(H,12,13). The molecule has 0 aliphatic heterocycles. The average Bonchev–Trinajstić information content (AvgIpc) is 2.65. The molecule has 1 fully saturated rings. The maximum Gasteiger partial charge on any atom is 0.392 e. The van der Waals surface area contributed by atoms with Gasteiger partial charge in [0.25, 0.3) is 0 Å². The molecule has 1 aliphatic rings. The number of rotatable bonds is 3. The van der Waals surface area contributed by atoms with Gasteiger partial charge in [0.2, 0.25) is 0 Å². The molecule has 1 rings (SSSR count). The van der Waals surface area contributed by atoms with Crippen LogP contribution in [0.4, 0.5) is 13.2 Å². The highest BCUT2D eigenvalue weighted by Gasteiger charge is 2.55. The molecule has 0 saturated heterocycles. The van der Waals surface area contributed by atoms with Gasteiger partial charge in [0.1, 0.15) is 6.04 Å². The van der Waals surface area contributed by atoms with Crippen molar-refractivity contribution in [3.63, 3.8) is 0 Å². The van der Waals surface area contributed by atoms with Crippen LogP contribution in [0.3, 0.4) is 0 Å². The highest BCUT2D eigenvalue weighted by atomic mass is 19.4. The van der Waals surface area contributed by atoms with Crippen molar-refractivity contribution in [3.8, 4) is 0 Å². The summed E-state index contributed by atoms with van der Waals surface area (Å²) in [5, 5.41) is 8.34. The molecule has 0 bridgehead atoms. The van der Waals surface area contributed by atoms with Gasteiger partial charge in [0.05, 0.1) is 5.92 Å². The molecule has 0 spiro atoms. The van der Waals surface area contributed by atoms with E-state index < -0.39 is 30.0 Å². The molecular formula is C7H10F3NO2. The zero-order chi connectivity index (χ0) is 10.2. The fraction of sp³-hybridized carbons (Fsp3) is 0.857. The van der Waals surface area contributed by atoms with Gasteiger partial charge in [0, 0.05) is 0 Å². The van der Waals surface area contributed by atoms with Gasteiger partial charge in [-0.1, -0.05) is 0 Å². The van der Waals surface area contributed by atoms with Gasteiger partial charge >= 0.3 is 12.1 Å². The predicted octanol–water partition coefficient (Wildman–Crippen LogP) is 0.987. The molecule has 1 aliphatic carbocycles. The average molecular weight is 197 g/mol. The molecule has 0 aromatic carbocycles. The summed E-state index contributed by atoms with van der Waals surface area (Å²) in [6, 6.07) is -1.17. The molecule has 0 radical (unpaired) electrons. The number of carboxylic acids is 1. The lowest BCUT2D eigenvalue weighted by Crippen LogP contribution is -2.31. The molecule has 76 valence electrons. The van der Waals surface area contributed by atoms with Crippen LogP contribution in [0.1, 0.15) is 12.8 Å². The number of aliphatic carboxylic acids is 1. The van der Waals surface area contributed by atoms with Crippen LogP contribution in [0.2, 0.25) is 0 Å². The summed E-state index contributed by atoms with van der Waals surface area (Å²) >= 11 is 0. The summed E-state index contributed by atoms with van der Waals surface area (Å²) < 4.78 is 35.9. The number of carboxylic acid groups (broad SMARTS) is 1. The Labute approximate surface area is 72.7 Å². The van der Waals surface area contributed by atoms with E-state index in [-0.39, 0.29) is 12.8 Å². The third-order valence-corrected chi connectivity index (χ3v) is 2.22. The van der Waals surface area contributed by atoms with Crippen LogP contribution >= 0.6 is 0 Å². The second-order valence-electron chi connectivity index (χ2n) is 3.32. The summed E-state index contributed by atoms with van der Waals surface area (Å²) in [4.78, 5) is 10.2. The van der Waals surface area contributed by atoms with E-state index in [1.165, 1.54) is 0 Å². The second-order valence-corrected chi connectivity index (χ2v) is 3.32. The topological polar surface area (TPSA) is 63.3 Å².